The smallest absolute Gasteiger partial charge is 0.296 e. The number of thioether (sulfide) groups is 2. The van der Waals surface area contributed by atoms with Gasteiger partial charge in [-0.2, -0.15) is 0 Å². The van der Waals surface area contributed by atoms with E-state index in [1.54, 1.807) is 7.05 Å². The van der Waals surface area contributed by atoms with E-state index in [9.17, 15) is 9.59 Å². The second-order valence-electron chi connectivity index (χ2n) is 5.45. The van der Waals surface area contributed by atoms with E-state index in [4.69, 9.17) is 0 Å². The molecule has 124 valence electrons. The first kappa shape index (κ1) is 16.9. The van der Waals surface area contributed by atoms with E-state index in [0.29, 0.717) is 11.5 Å². The maximum absolute atomic E-state index is 12.5. The van der Waals surface area contributed by atoms with Crippen LogP contribution in [0.3, 0.4) is 0 Å². The summed E-state index contributed by atoms with van der Waals surface area (Å²) in [7, 11) is 1.68. The summed E-state index contributed by atoms with van der Waals surface area (Å²) in [6.07, 6.45) is 0. The third kappa shape index (κ3) is 3.44. The fourth-order valence-corrected chi connectivity index (χ4v) is 5.14. The van der Waals surface area contributed by atoms with Crippen LogP contribution in [0.1, 0.15) is 11.1 Å². The maximum atomic E-state index is 12.5. The zero-order valence-corrected chi connectivity index (χ0v) is 14.9. The van der Waals surface area contributed by atoms with Gasteiger partial charge in [-0.3, -0.25) is 15.0 Å². The lowest BCUT2D eigenvalue weighted by Crippen LogP contribution is -2.41. The number of hydrogen-bond acceptors (Lipinski definition) is 4. The van der Waals surface area contributed by atoms with E-state index in [-0.39, 0.29) is 11.9 Å². The van der Waals surface area contributed by atoms with Gasteiger partial charge in [0.2, 0.25) is 4.20 Å². The van der Waals surface area contributed by atoms with Crippen LogP contribution in [0.25, 0.3) is 0 Å². The fourth-order valence-electron chi connectivity index (χ4n) is 2.42. The lowest BCUT2D eigenvalue weighted by Gasteiger charge is -2.31. The Balaban J connectivity index is 1.78. The molecule has 1 aliphatic heterocycles. The lowest BCUT2D eigenvalue weighted by molar-refractivity contribution is -0.120. The zero-order valence-electron chi connectivity index (χ0n) is 13.3. The molecule has 0 aromatic heterocycles. The van der Waals surface area contributed by atoms with Crippen molar-refractivity contribution in [2.24, 2.45) is 0 Å². The second-order valence-corrected chi connectivity index (χ2v) is 8.04. The molecule has 2 aromatic carbocycles. The number of nitrogens with one attached hydrogen (secondary N) is 1. The molecule has 3 amide bonds. The van der Waals surface area contributed by atoms with Gasteiger partial charge in [0.25, 0.3) is 5.91 Å². The number of carbonyl (C=O) groups excluding carboxylic acids is 2. The molecule has 6 heteroatoms. The number of urea groups is 1. The van der Waals surface area contributed by atoms with Gasteiger partial charge in [-0.05, 0) is 11.1 Å². The first-order valence-corrected chi connectivity index (χ1v) is 9.54. The van der Waals surface area contributed by atoms with Crippen LogP contribution in [0, 0.1) is 0 Å². The predicted molar refractivity (Wildman–Crippen MR) is 99.5 cm³/mol. The van der Waals surface area contributed by atoms with Crippen molar-refractivity contribution in [1.29, 1.82) is 0 Å². The highest BCUT2D eigenvalue weighted by Gasteiger charge is 2.52. The molecular formula is C18H18N2O2S2. The molecule has 1 aliphatic rings. The van der Waals surface area contributed by atoms with Crippen molar-refractivity contribution in [2.75, 3.05) is 7.05 Å². The molecule has 1 heterocycles. The largest absolute Gasteiger partial charge is 0.326 e. The molecular weight excluding hydrogens is 340 g/mol. The van der Waals surface area contributed by atoms with E-state index >= 15 is 0 Å². The van der Waals surface area contributed by atoms with Crippen LogP contribution in [0.5, 0.6) is 0 Å². The molecule has 0 spiro atoms. The number of carbonyl (C=O) groups is 2. The van der Waals surface area contributed by atoms with Gasteiger partial charge in [-0.25, -0.2) is 4.79 Å². The molecule has 3 rings (SSSR count). The molecule has 1 N–H and O–H groups in total. The van der Waals surface area contributed by atoms with Crippen molar-refractivity contribution in [3.05, 3.63) is 71.8 Å². The Labute approximate surface area is 150 Å². The first-order chi connectivity index (χ1) is 11.6. The second kappa shape index (κ2) is 7.32. The summed E-state index contributed by atoms with van der Waals surface area (Å²) in [6, 6.07) is 19.6. The highest BCUT2D eigenvalue weighted by atomic mass is 32.2. The SMILES string of the molecule is CN1C(=O)NC(=O)C1(SCc1ccccc1)SCc1ccccc1. The minimum atomic E-state index is -0.942. The molecule has 0 atom stereocenters. The molecule has 0 saturated carbocycles. The zero-order chi connectivity index (χ0) is 17.0. The summed E-state index contributed by atoms with van der Waals surface area (Å²) in [5.41, 5.74) is 2.26. The number of rotatable bonds is 6. The van der Waals surface area contributed by atoms with Crippen molar-refractivity contribution in [1.82, 2.24) is 10.2 Å². The number of imide groups is 1. The third-order valence-corrected chi connectivity index (χ3v) is 7.17. The molecule has 4 nitrogen and oxygen atoms in total. The summed E-state index contributed by atoms with van der Waals surface area (Å²) in [4.78, 5) is 26.0. The normalized spacial score (nSPS) is 16.3. The van der Waals surface area contributed by atoms with Gasteiger partial charge in [-0.15, -0.1) is 23.5 Å². The van der Waals surface area contributed by atoms with Gasteiger partial charge in [0.1, 0.15) is 0 Å². The van der Waals surface area contributed by atoms with Crippen molar-refractivity contribution >= 4 is 35.5 Å². The summed E-state index contributed by atoms with van der Waals surface area (Å²) >= 11 is 2.96. The number of benzene rings is 2. The van der Waals surface area contributed by atoms with Gasteiger partial charge in [0.15, 0.2) is 0 Å². The Morgan fingerprint density at radius 2 is 1.33 bits per heavy atom. The van der Waals surface area contributed by atoms with Gasteiger partial charge >= 0.3 is 6.03 Å². The Morgan fingerprint density at radius 1 is 0.875 bits per heavy atom. The van der Waals surface area contributed by atoms with Crippen molar-refractivity contribution in [3.63, 3.8) is 0 Å². The molecule has 0 bridgehead atoms. The van der Waals surface area contributed by atoms with Crippen LogP contribution in [-0.4, -0.2) is 28.1 Å². The maximum Gasteiger partial charge on any atom is 0.326 e. The Morgan fingerprint density at radius 3 is 1.71 bits per heavy atom. The fraction of sp³-hybridized carbons (Fsp3) is 0.222. The highest BCUT2D eigenvalue weighted by molar-refractivity contribution is 8.18. The number of nitrogens with zero attached hydrogens (tertiary/aromatic N) is 1. The Kier molecular flexibility index (Phi) is 5.16. The van der Waals surface area contributed by atoms with Crippen LogP contribution in [0.15, 0.2) is 60.7 Å². The summed E-state index contributed by atoms with van der Waals surface area (Å²) in [5.74, 6) is 1.07. The summed E-state index contributed by atoms with van der Waals surface area (Å²) in [5, 5.41) is 2.44. The van der Waals surface area contributed by atoms with E-state index < -0.39 is 4.20 Å². The van der Waals surface area contributed by atoms with E-state index in [1.165, 1.54) is 28.4 Å². The van der Waals surface area contributed by atoms with Gasteiger partial charge in [-0.1, -0.05) is 60.7 Å². The predicted octanol–water partition coefficient (Wildman–Crippen LogP) is 3.69. The first-order valence-electron chi connectivity index (χ1n) is 7.57. The molecule has 0 unspecified atom stereocenters. The third-order valence-electron chi connectivity index (χ3n) is 3.81. The summed E-state index contributed by atoms with van der Waals surface area (Å²) in [6.45, 7) is 0. The van der Waals surface area contributed by atoms with Crippen LogP contribution in [0.2, 0.25) is 0 Å². The Bertz CT molecular complexity index is 679. The molecule has 1 fully saturated rings. The van der Waals surface area contributed by atoms with Crippen LogP contribution >= 0.6 is 23.5 Å². The van der Waals surface area contributed by atoms with Crippen molar-refractivity contribution in [3.8, 4) is 0 Å². The number of hydrogen-bond donors (Lipinski definition) is 1. The van der Waals surface area contributed by atoms with E-state index in [2.05, 4.69) is 5.32 Å². The highest BCUT2D eigenvalue weighted by Crippen LogP contribution is 2.45. The number of amides is 3. The number of likely N-dealkylation sites (N-methyl/N-ethyl adjacent to an activating group) is 1. The monoisotopic (exact) mass is 358 g/mol. The average Bonchev–Trinajstić information content (AvgIpc) is 2.83. The molecule has 1 saturated heterocycles. The van der Waals surface area contributed by atoms with Crippen LogP contribution in [0.4, 0.5) is 4.79 Å². The van der Waals surface area contributed by atoms with E-state index in [1.807, 2.05) is 60.7 Å². The molecule has 2 aromatic rings. The minimum Gasteiger partial charge on any atom is -0.296 e. The Hall–Kier alpha value is -1.92. The van der Waals surface area contributed by atoms with Gasteiger partial charge in [0, 0.05) is 18.6 Å². The van der Waals surface area contributed by atoms with Crippen molar-refractivity contribution in [2.45, 2.75) is 15.7 Å². The molecule has 0 aliphatic carbocycles. The van der Waals surface area contributed by atoms with Crippen molar-refractivity contribution < 1.29 is 9.59 Å². The van der Waals surface area contributed by atoms with Crippen LogP contribution in [-0.2, 0) is 16.3 Å². The minimum absolute atomic E-state index is 0.253. The topological polar surface area (TPSA) is 49.4 Å². The molecule has 0 radical (unpaired) electrons. The van der Waals surface area contributed by atoms with Gasteiger partial charge < -0.3 is 0 Å². The standard InChI is InChI=1S/C18H18N2O2S2/c1-20-17(22)19-16(21)18(20,23-12-14-8-4-2-5-9-14)24-13-15-10-6-3-7-11-15/h2-11H,12-13H2,1H3,(H,19,21,22). The van der Waals surface area contributed by atoms with E-state index in [0.717, 1.165) is 11.1 Å². The quantitative estimate of drug-likeness (QED) is 0.632. The summed E-state index contributed by atoms with van der Waals surface area (Å²) < 4.78 is -0.942. The van der Waals surface area contributed by atoms with Crippen LogP contribution < -0.4 is 5.32 Å². The lowest BCUT2D eigenvalue weighted by atomic mass is 10.2. The molecule has 24 heavy (non-hydrogen) atoms. The van der Waals surface area contributed by atoms with Gasteiger partial charge in [0.05, 0.1) is 0 Å². The average molecular weight is 358 g/mol.